The van der Waals surface area contributed by atoms with Crippen LogP contribution in [-0.2, 0) is 13.0 Å². The maximum absolute atomic E-state index is 13.8. The molecule has 0 spiro atoms. The van der Waals surface area contributed by atoms with Gasteiger partial charge in [-0.15, -0.1) is 24.0 Å². The van der Waals surface area contributed by atoms with E-state index in [1.165, 1.54) is 11.6 Å². The quantitative estimate of drug-likeness (QED) is 0.319. The number of halogens is 3. The summed E-state index contributed by atoms with van der Waals surface area (Å²) in [6, 6.07) is 10.3. The minimum absolute atomic E-state index is 0. The summed E-state index contributed by atoms with van der Waals surface area (Å²) in [5.74, 6) is 0.653. The first-order valence-electron chi connectivity index (χ1n) is 10.4. The maximum Gasteiger partial charge on any atom is 0.193 e. The highest BCUT2D eigenvalue weighted by atomic mass is 127. The van der Waals surface area contributed by atoms with Gasteiger partial charge in [-0.05, 0) is 35.7 Å². The Bertz CT molecular complexity index is 906. The molecule has 3 rings (SSSR count). The third kappa shape index (κ3) is 6.68. The molecule has 0 bridgehead atoms. The molecule has 0 aromatic heterocycles. The van der Waals surface area contributed by atoms with Crippen LogP contribution in [0, 0.1) is 11.6 Å². The van der Waals surface area contributed by atoms with Gasteiger partial charge >= 0.3 is 0 Å². The van der Waals surface area contributed by atoms with Crippen molar-refractivity contribution in [3.05, 3.63) is 59.2 Å². The number of ether oxygens (including phenoxy) is 2. The van der Waals surface area contributed by atoms with Crippen molar-refractivity contribution in [2.45, 2.75) is 13.0 Å². The van der Waals surface area contributed by atoms with Crippen molar-refractivity contribution < 1.29 is 18.3 Å². The van der Waals surface area contributed by atoms with E-state index in [9.17, 15) is 8.78 Å². The van der Waals surface area contributed by atoms with Gasteiger partial charge in [0.05, 0.1) is 14.2 Å². The fourth-order valence-electron chi connectivity index (χ4n) is 3.74. The standard InChI is InChI=1S/C23H30F2N4O2.HI/c1-26-23(27-10-9-18-5-4-6-19(24)22(18)25)29-13-11-28(12-14-29)16-17-7-8-20(30-2)21(15-17)31-3;/h4-8,15H,9-14,16H2,1-3H3,(H,26,27);1H. The third-order valence-corrected chi connectivity index (χ3v) is 5.45. The van der Waals surface area contributed by atoms with Crippen molar-refractivity contribution in [3.8, 4) is 11.5 Å². The van der Waals surface area contributed by atoms with Crippen LogP contribution in [0.1, 0.15) is 11.1 Å². The summed E-state index contributed by atoms with van der Waals surface area (Å²) in [5, 5.41) is 3.26. The molecule has 32 heavy (non-hydrogen) atoms. The summed E-state index contributed by atoms with van der Waals surface area (Å²) in [4.78, 5) is 8.92. The highest BCUT2D eigenvalue weighted by molar-refractivity contribution is 14.0. The number of hydrogen-bond donors (Lipinski definition) is 1. The van der Waals surface area contributed by atoms with Crippen LogP contribution in [0.2, 0.25) is 0 Å². The monoisotopic (exact) mass is 560 g/mol. The zero-order chi connectivity index (χ0) is 22.2. The Kier molecular flexibility index (Phi) is 10.4. The first-order chi connectivity index (χ1) is 15.0. The van der Waals surface area contributed by atoms with Gasteiger partial charge in [0.15, 0.2) is 29.1 Å². The number of benzene rings is 2. The van der Waals surface area contributed by atoms with Crippen molar-refractivity contribution >= 4 is 29.9 Å². The second-order valence-electron chi connectivity index (χ2n) is 7.39. The minimum Gasteiger partial charge on any atom is -0.493 e. The lowest BCUT2D eigenvalue weighted by atomic mass is 10.1. The molecule has 1 N–H and O–H groups in total. The lowest BCUT2D eigenvalue weighted by Crippen LogP contribution is -2.52. The van der Waals surface area contributed by atoms with Crippen LogP contribution in [0.25, 0.3) is 0 Å². The van der Waals surface area contributed by atoms with Gasteiger partial charge in [-0.1, -0.05) is 18.2 Å². The van der Waals surface area contributed by atoms with E-state index in [2.05, 4.69) is 26.2 Å². The molecule has 2 aromatic carbocycles. The summed E-state index contributed by atoms with van der Waals surface area (Å²) in [6.07, 6.45) is 0.391. The molecule has 1 heterocycles. The molecular formula is C23H31F2IN4O2. The number of nitrogens with zero attached hydrogens (tertiary/aromatic N) is 3. The van der Waals surface area contributed by atoms with Crippen LogP contribution < -0.4 is 14.8 Å². The number of piperazine rings is 1. The average molecular weight is 560 g/mol. The van der Waals surface area contributed by atoms with Gasteiger partial charge in [-0.25, -0.2) is 8.78 Å². The van der Waals surface area contributed by atoms with Crippen molar-refractivity contribution in [2.75, 3.05) is 54.0 Å². The van der Waals surface area contributed by atoms with E-state index in [0.29, 0.717) is 18.5 Å². The molecule has 0 atom stereocenters. The van der Waals surface area contributed by atoms with Gasteiger partial charge in [-0.2, -0.15) is 0 Å². The Morgan fingerprint density at radius 3 is 2.41 bits per heavy atom. The Morgan fingerprint density at radius 1 is 1.03 bits per heavy atom. The lowest BCUT2D eigenvalue weighted by molar-refractivity contribution is 0.172. The van der Waals surface area contributed by atoms with E-state index in [1.54, 1.807) is 27.3 Å². The zero-order valence-corrected chi connectivity index (χ0v) is 21.1. The van der Waals surface area contributed by atoms with Crippen molar-refractivity contribution in [1.29, 1.82) is 0 Å². The number of rotatable bonds is 7. The van der Waals surface area contributed by atoms with Crippen molar-refractivity contribution in [1.82, 2.24) is 15.1 Å². The number of methoxy groups -OCH3 is 2. The van der Waals surface area contributed by atoms with Gasteiger partial charge < -0.3 is 19.7 Å². The smallest absolute Gasteiger partial charge is 0.193 e. The highest BCUT2D eigenvalue weighted by Gasteiger charge is 2.20. The fraction of sp³-hybridized carbons (Fsp3) is 0.435. The second kappa shape index (κ2) is 12.8. The molecule has 1 aliphatic rings. The molecule has 1 saturated heterocycles. The van der Waals surface area contributed by atoms with Crippen molar-refractivity contribution in [2.24, 2.45) is 4.99 Å². The largest absolute Gasteiger partial charge is 0.493 e. The van der Waals surface area contributed by atoms with Gasteiger partial charge in [0, 0.05) is 46.3 Å². The van der Waals surface area contributed by atoms with Crippen molar-refractivity contribution in [3.63, 3.8) is 0 Å². The Labute approximate surface area is 205 Å². The van der Waals surface area contributed by atoms with E-state index < -0.39 is 11.6 Å². The number of aliphatic imine (C=N–C) groups is 1. The Morgan fingerprint density at radius 2 is 1.75 bits per heavy atom. The van der Waals surface area contributed by atoms with Crippen LogP contribution in [0.3, 0.4) is 0 Å². The Hall–Kier alpha value is -2.14. The first kappa shape index (κ1) is 26.1. The molecule has 1 fully saturated rings. The molecule has 0 aliphatic carbocycles. The van der Waals surface area contributed by atoms with Gasteiger partial charge in [-0.3, -0.25) is 9.89 Å². The summed E-state index contributed by atoms with van der Waals surface area (Å²) in [7, 11) is 5.01. The van der Waals surface area contributed by atoms with Crippen LogP contribution in [0.15, 0.2) is 41.4 Å². The molecule has 0 saturated carbocycles. The normalized spacial score (nSPS) is 14.7. The topological polar surface area (TPSA) is 49.3 Å². The molecular weight excluding hydrogens is 529 g/mol. The van der Waals surface area contributed by atoms with Crippen LogP contribution in [0.5, 0.6) is 11.5 Å². The van der Waals surface area contributed by atoms with Crippen LogP contribution in [0.4, 0.5) is 8.78 Å². The highest BCUT2D eigenvalue weighted by Crippen LogP contribution is 2.28. The fourth-order valence-corrected chi connectivity index (χ4v) is 3.74. The number of guanidine groups is 1. The molecule has 6 nitrogen and oxygen atoms in total. The minimum atomic E-state index is -0.813. The molecule has 0 amide bonds. The summed E-state index contributed by atoms with van der Waals surface area (Å²) < 4.78 is 37.9. The van der Waals surface area contributed by atoms with Gasteiger partial charge in [0.25, 0.3) is 0 Å². The molecule has 9 heteroatoms. The molecule has 2 aromatic rings. The van der Waals surface area contributed by atoms with Crippen LogP contribution >= 0.6 is 24.0 Å². The predicted molar refractivity (Wildman–Crippen MR) is 133 cm³/mol. The van der Waals surface area contributed by atoms with E-state index in [1.807, 2.05) is 12.1 Å². The van der Waals surface area contributed by atoms with E-state index in [-0.39, 0.29) is 24.0 Å². The molecule has 0 unspecified atom stereocenters. The number of hydrogen-bond acceptors (Lipinski definition) is 4. The maximum atomic E-state index is 13.8. The summed E-state index contributed by atoms with van der Waals surface area (Å²) in [6.45, 7) is 4.78. The van der Waals surface area contributed by atoms with Gasteiger partial charge in [0.2, 0.25) is 0 Å². The number of nitrogens with one attached hydrogen (secondary N) is 1. The lowest BCUT2D eigenvalue weighted by Gasteiger charge is -2.36. The third-order valence-electron chi connectivity index (χ3n) is 5.45. The van der Waals surface area contributed by atoms with E-state index in [0.717, 1.165) is 56.2 Å². The second-order valence-corrected chi connectivity index (χ2v) is 7.39. The van der Waals surface area contributed by atoms with E-state index in [4.69, 9.17) is 9.47 Å². The average Bonchev–Trinajstić information content (AvgIpc) is 2.80. The summed E-state index contributed by atoms with van der Waals surface area (Å²) >= 11 is 0. The molecule has 0 radical (unpaired) electrons. The van der Waals surface area contributed by atoms with Crippen LogP contribution in [-0.4, -0.2) is 69.8 Å². The zero-order valence-electron chi connectivity index (χ0n) is 18.7. The van der Waals surface area contributed by atoms with Gasteiger partial charge in [0.1, 0.15) is 0 Å². The Balaban J connectivity index is 0.00000363. The SMILES string of the molecule is CN=C(NCCc1cccc(F)c1F)N1CCN(Cc2ccc(OC)c(OC)c2)CC1.I. The predicted octanol–water partition coefficient (Wildman–Crippen LogP) is 3.54. The molecule has 1 aliphatic heterocycles. The van der Waals surface area contributed by atoms with E-state index >= 15 is 0 Å². The summed E-state index contributed by atoms with van der Waals surface area (Å²) in [5.41, 5.74) is 1.54. The molecule has 176 valence electrons. The first-order valence-corrected chi connectivity index (χ1v) is 10.4.